The van der Waals surface area contributed by atoms with Crippen LogP contribution in [0.4, 0.5) is 13.2 Å². The molecular weight excluding hydrogens is 285 g/mol. The van der Waals surface area contributed by atoms with E-state index in [9.17, 15) is 23.4 Å². The summed E-state index contributed by atoms with van der Waals surface area (Å²) in [5.74, 6) is -1.29. The highest BCUT2D eigenvalue weighted by molar-refractivity contribution is 4.85. The van der Waals surface area contributed by atoms with Crippen LogP contribution in [0.25, 0.3) is 0 Å². The average molecular weight is 312 g/mol. The third-order valence-corrected chi connectivity index (χ3v) is 4.41. The minimum atomic E-state index is -4.12. The Labute approximate surface area is 124 Å². The Hall–Kier alpha value is -0.370. The SMILES string of the molecule is CNNC(CCC(O)C(C)O)C1CCCC(C(F)(F)F)C1. The summed E-state index contributed by atoms with van der Waals surface area (Å²) in [4.78, 5) is 0. The van der Waals surface area contributed by atoms with E-state index in [1.54, 1.807) is 7.05 Å². The number of nitrogens with one attached hydrogen (secondary N) is 2. The molecule has 4 N–H and O–H groups in total. The van der Waals surface area contributed by atoms with E-state index in [4.69, 9.17) is 0 Å². The van der Waals surface area contributed by atoms with E-state index in [1.165, 1.54) is 6.92 Å². The number of hydrogen-bond acceptors (Lipinski definition) is 4. The minimum absolute atomic E-state index is 0.0703. The van der Waals surface area contributed by atoms with E-state index in [2.05, 4.69) is 10.9 Å². The molecule has 21 heavy (non-hydrogen) atoms. The Bertz CT molecular complexity index is 300. The molecule has 0 aliphatic heterocycles. The molecule has 4 nitrogen and oxygen atoms in total. The van der Waals surface area contributed by atoms with Crippen molar-refractivity contribution in [3.8, 4) is 0 Å². The Morgan fingerprint density at radius 1 is 1.19 bits per heavy atom. The minimum Gasteiger partial charge on any atom is -0.391 e. The summed E-state index contributed by atoms with van der Waals surface area (Å²) >= 11 is 0. The Balaban J connectivity index is 2.58. The molecule has 126 valence electrons. The molecule has 0 aromatic heterocycles. The standard InChI is InChI=1S/C14H27F3N2O2/c1-9(20)13(21)7-6-12(19-18-2)10-4-3-5-11(8-10)14(15,16)17/h9-13,18-21H,3-8H2,1-2H3. The molecule has 1 aliphatic carbocycles. The fourth-order valence-electron chi connectivity index (χ4n) is 3.09. The summed E-state index contributed by atoms with van der Waals surface area (Å²) in [6.07, 6.45) is -3.21. The van der Waals surface area contributed by atoms with Gasteiger partial charge in [-0.2, -0.15) is 13.2 Å². The van der Waals surface area contributed by atoms with Crippen LogP contribution in [0.3, 0.4) is 0 Å². The highest BCUT2D eigenvalue weighted by Crippen LogP contribution is 2.41. The van der Waals surface area contributed by atoms with Gasteiger partial charge in [-0.15, -0.1) is 0 Å². The third-order valence-electron chi connectivity index (χ3n) is 4.41. The van der Waals surface area contributed by atoms with Crippen LogP contribution in [-0.2, 0) is 0 Å². The van der Waals surface area contributed by atoms with Gasteiger partial charge >= 0.3 is 6.18 Å². The number of rotatable bonds is 7. The van der Waals surface area contributed by atoms with E-state index < -0.39 is 24.3 Å². The van der Waals surface area contributed by atoms with Gasteiger partial charge in [-0.25, -0.2) is 0 Å². The molecule has 0 amide bonds. The van der Waals surface area contributed by atoms with Crippen molar-refractivity contribution < 1.29 is 23.4 Å². The first kappa shape index (κ1) is 18.7. The van der Waals surface area contributed by atoms with Gasteiger partial charge in [0.25, 0.3) is 0 Å². The average Bonchev–Trinajstić information content (AvgIpc) is 2.42. The largest absolute Gasteiger partial charge is 0.391 e. The Kier molecular flexibility index (Phi) is 7.39. The van der Waals surface area contributed by atoms with Crippen LogP contribution in [0.2, 0.25) is 0 Å². The second kappa shape index (κ2) is 8.31. The summed E-state index contributed by atoms with van der Waals surface area (Å²) in [5.41, 5.74) is 5.80. The zero-order valence-corrected chi connectivity index (χ0v) is 12.7. The molecule has 1 aliphatic rings. The lowest BCUT2D eigenvalue weighted by molar-refractivity contribution is -0.186. The van der Waals surface area contributed by atoms with Gasteiger partial charge in [-0.05, 0) is 52.0 Å². The molecule has 5 atom stereocenters. The van der Waals surface area contributed by atoms with Crippen molar-refractivity contribution in [3.05, 3.63) is 0 Å². The van der Waals surface area contributed by atoms with Gasteiger partial charge in [0.05, 0.1) is 18.1 Å². The van der Waals surface area contributed by atoms with Crippen molar-refractivity contribution in [2.75, 3.05) is 7.05 Å². The molecule has 7 heteroatoms. The Morgan fingerprint density at radius 2 is 1.86 bits per heavy atom. The fraction of sp³-hybridized carbons (Fsp3) is 1.00. The van der Waals surface area contributed by atoms with E-state index in [0.29, 0.717) is 19.3 Å². The molecular formula is C14H27F3N2O2. The second-order valence-corrected chi connectivity index (χ2v) is 6.05. The van der Waals surface area contributed by atoms with Crippen molar-refractivity contribution in [1.82, 2.24) is 10.9 Å². The lowest BCUT2D eigenvalue weighted by atomic mass is 9.76. The maximum Gasteiger partial charge on any atom is 0.391 e. The van der Waals surface area contributed by atoms with E-state index in [0.717, 1.165) is 6.42 Å². The van der Waals surface area contributed by atoms with Gasteiger partial charge in [0.2, 0.25) is 0 Å². The van der Waals surface area contributed by atoms with Crippen LogP contribution in [-0.4, -0.2) is 41.7 Å². The zero-order valence-electron chi connectivity index (χ0n) is 12.7. The third kappa shape index (κ3) is 6.10. The van der Waals surface area contributed by atoms with Crippen LogP contribution in [0.5, 0.6) is 0 Å². The van der Waals surface area contributed by atoms with Crippen LogP contribution < -0.4 is 10.9 Å². The molecule has 0 bridgehead atoms. The zero-order chi connectivity index (χ0) is 16.0. The molecule has 0 aromatic rings. The molecule has 0 spiro atoms. The molecule has 0 aromatic carbocycles. The maximum absolute atomic E-state index is 12.9. The number of alkyl halides is 3. The first-order chi connectivity index (χ1) is 9.75. The van der Waals surface area contributed by atoms with E-state index >= 15 is 0 Å². The number of hydrogen-bond donors (Lipinski definition) is 4. The molecule has 1 saturated carbocycles. The van der Waals surface area contributed by atoms with Crippen molar-refractivity contribution in [3.63, 3.8) is 0 Å². The molecule has 5 unspecified atom stereocenters. The summed E-state index contributed by atoms with van der Waals surface area (Å²) in [7, 11) is 1.68. The molecule has 0 saturated heterocycles. The first-order valence-corrected chi connectivity index (χ1v) is 7.60. The normalized spacial score (nSPS) is 28.1. The number of aliphatic hydroxyl groups is 2. The van der Waals surface area contributed by atoms with Crippen LogP contribution in [0.15, 0.2) is 0 Å². The smallest absolute Gasteiger partial charge is 0.391 e. The topological polar surface area (TPSA) is 64.5 Å². The summed E-state index contributed by atoms with van der Waals surface area (Å²) < 4.78 is 38.6. The Morgan fingerprint density at radius 3 is 2.38 bits per heavy atom. The predicted octanol–water partition coefficient (Wildman–Crippen LogP) is 1.97. The molecule has 0 heterocycles. The second-order valence-electron chi connectivity index (χ2n) is 6.05. The van der Waals surface area contributed by atoms with Crippen molar-refractivity contribution in [2.24, 2.45) is 11.8 Å². The number of aliphatic hydroxyl groups excluding tert-OH is 2. The van der Waals surface area contributed by atoms with Gasteiger partial charge < -0.3 is 10.2 Å². The van der Waals surface area contributed by atoms with Crippen LogP contribution in [0, 0.1) is 11.8 Å². The fourth-order valence-corrected chi connectivity index (χ4v) is 3.09. The lowest BCUT2D eigenvalue weighted by Gasteiger charge is -2.36. The van der Waals surface area contributed by atoms with Crippen molar-refractivity contribution in [2.45, 2.75) is 69.9 Å². The summed E-state index contributed by atoms with van der Waals surface area (Å²) in [6, 6.07) is -0.131. The quantitative estimate of drug-likeness (QED) is 0.543. The summed E-state index contributed by atoms with van der Waals surface area (Å²) in [6.45, 7) is 1.51. The number of hydrazine groups is 1. The van der Waals surface area contributed by atoms with Crippen molar-refractivity contribution in [1.29, 1.82) is 0 Å². The molecule has 1 fully saturated rings. The van der Waals surface area contributed by atoms with Gasteiger partial charge in [0.1, 0.15) is 0 Å². The number of halogens is 3. The maximum atomic E-state index is 12.9. The molecule has 0 radical (unpaired) electrons. The van der Waals surface area contributed by atoms with E-state index in [-0.39, 0.29) is 24.8 Å². The van der Waals surface area contributed by atoms with Gasteiger partial charge in [-0.1, -0.05) is 6.42 Å². The van der Waals surface area contributed by atoms with Crippen LogP contribution in [0.1, 0.15) is 45.4 Å². The van der Waals surface area contributed by atoms with Crippen molar-refractivity contribution >= 4 is 0 Å². The van der Waals surface area contributed by atoms with Gasteiger partial charge in [-0.3, -0.25) is 10.9 Å². The summed E-state index contributed by atoms with van der Waals surface area (Å²) in [5, 5.41) is 18.9. The highest BCUT2D eigenvalue weighted by atomic mass is 19.4. The van der Waals surface area contributed by atoms with Crippen LogP contribution >= 0.6 is 0 Å². The monoisotopic (exact) mass is 312 g/mol. The first-order valence-electron chi connectivity index (χ1n) is 7.60. The molecule has 1 rings (SSSR count). The highest BCUT2D eigenvalue weighted by Gasteiger charge is 2.43. The van der Waals surface area contributed by atoms with Gasteiger partial charge in [0, 0.05) is 6.04 Å². The van der Waals surface area contributed by atoms with Gasteiger partial charge in [0.15, 0.2) is 0 Å². The lowest BCUT2D eigenvalue weighted by Crippen LogP contribution is -2.46. The predicted molar refractivity (Wildman–Crippen MR) is 74.4 cm³/mol. The van der Waals surface area contributed by atoms with E-state index in [1.807, 2.05) is 0 Å².